The van der Waals surface area contributed by atoms with E-state index in [0.717, 1.165) is 0 Å². The number of aliphatic carboxylic acids is 2. The number of hydrogen-bond acceptors (Lipinski definition) is 8. The van der Waals surface area contributed by atoms with Crippen LogP contribution in [-0.2, 0) is 28.8 Å². The summed E-state index contributed by atoms with van der Waals surface area (Å²) in [6.45, 7) is 4.66. The largest absolute Gasteiger partial charge is 0.481 e. The molecule has 14 nitrogen and oxygen atoms in total. The molecule has 33 heavy (non-hydrogen) atoms. The van der Waals surface area contributed by atoms with Crippen molar-refractivity contribution in [2.45, 2.75) is 76.7 Å². The Kier molecular flexibility index (Phi) is 12.6. The lowest BCUT2D eigenvalue weighted by Crippen LogP contribution is -2.60. The molecule has 0 saturated heterocycles. The summed E-state index contributed by atoms with van der Waals surface area (Å²) in [6, 6.07) is -5.76. The van der Waals surface area contributed by atoms with Crippen LogP contribution in [0.4, 0.5) is 0 Å². The van der Waals surface area contributed by atoms with E-state index in [1.807, 2.05) is 0 Å². The SMILES string of the molecule is CC(C)CC(NC(=O)C(NC(=O)C(CC(N)=O)NC(=O)C(N)CCC(=O)O)C(C)O)C(=O)O. The van der Waals surface area contributed by atoms with Gasteiger partial charge in [0.25, 0.3) is 0 Å². The Balaban J connectivity index is 5.42. The summed E-state index contributed by atoms with van der Waals surface area (Å²) in [5.41, 5.74) is 10.7. The van der Waals surface area contributed by atoms with E-state index in [-0.39, 0.29) is 18.8 Å². The number of amides is 4. The van der Waals surface area contributed by atoms with Crippen molar-refractivity contribution in [1.82, 2.24) is 16.0 Å². The Morgan fingerprint density at radius 3 is 1.82 bits per heavy atom. The molecule has 0 heterocycles. The molecule has 0 bridgehead atoms. The minimum Gasteiger partial charge on any atom is -0.481 e. The van der Waals surface area contributed by atoms with Crippen LogP contribution in [0.5, 0.6) is 0 Å². The minimum absolute atomic E-state index is 0.0773. The molecule has 0 aliphatic carbocycles. The fourth-order valence-corrected chi connectivity index (χ4v) is 2.71. The lowest BCUT2D eigenvalue weighted by Gasteiger charge is -2.26. The van der Waals surface area contributed by atoms with Crippen LogP contribution >= 0.6 is 0 Å². The smallest absolute Gasteiger partial charge is 0.326 e. The Morgan fingerprint density at radius 2 is 1.39 bits per heavy atom. The van der Waals surface area contributed by atoms with Gasteiger partial charge in [-0.3, -0.25) is 24.0 Å². The molecule has 5 unspecified atom stereocenters. The highest BCUT2D eigenvalue weighted by atomic mass is 16.4. The van der Waals surface area contributed by atoms with E-state index < -0.39 is 78.7 Å². The first-order chi connectivity index (χ1) is 15.1. The average molecular weight is 475 g/mol. The van der Waals surface area contributed by atoms with Crippen LogP contribution in [0.25, 0.3) is 0 Å². The van der Waals surface area contributed by atoms with Gasteiger partial charge in [-0.2, -0.15) is 0 Å². The van der Waals surface area contributed by atoms with Gasteiger partial charge in [0.1, 0.15) is 18.1 Å². The van der Waals surface area contributed by atoms with Crippen molar-refractivity contribution in [1.29, 1.82) is 0 Å². The van der Waals surface area contributed by atoms with Crippen molar-refractivity contribution in [3.8, 4) is 0 Å². The molecule has 0 aliphatic heterocycles. The molecule has 10 N–H and O–H groups in total. The number of aliphatic hydroxyl groups excluding tert-OH is 1. The zero-order valence-corrected chi connectivity index (χ0v) is 18.7. The van der Waals surface area contributed by atoms with Crippen LogP contribution < -0.4 is 27.4 Å². The number of primary amides is 1. The number of nitrogens with two attached hydrogens (primary N) is 2. The molecule has 5 atom stereocenters. The maximum atomic E-state index is 12.6. The monoisotopic (exact) mass is 475 g/mol. The van der Waals surface area contributed by atoms with Gasteiger partial charge in [-0.25, -0.2) is 4.79 Å². The predicted molar refractivity (Wildman–Crippen MR) is 113 cm³/mol. The molecule has 0 aromatic rings. The normalized spacial score (nSPS) is 15.5. The zero-order valence-electron chi connectivity index (χ0n) is 18.7. The summed E-state index contributed by atoms with van der Waals surface area (Å²) >= 11 is 0. The van der Waals surface area contributed by atoms with Gasteiger partial charge in [-0.15, -0.1) is 0 Å². The summed E-state index contributed by atoms with van der Waals surface area (Å²) in [4.78, 5) is 70.7. The maximum absolute atomic E-state index is 12.6. The first-order valence-electron chi connectivity index (χ1n) is 10.2. The van der Waals surface area contributed by atoms with Gasteiger partial charge in [0, 0.05) is 6.42 Å². The van der Waals surface area contributed by atoms with Gasteiger partial charge in [0.05, 0.1) is 18.6 Å². The Morgan fingerprint density at radius 1 is 0.848 bits per heavy atom. The highest BCUT2D eigenvalue weighted by molar-refractivity contribution is 5.96. The molecule has 0 spiro atoms. The number of carbonyl (C=O) groups excluding carboxylic acids is 4. The van der Waals surface area contributed by atoms with Gasteiger partial charge >= 0.3 is 11.9 Å². The first kappa shape index (κ1) is 29.7. The van der Waals surface area contributed by atoms with E-state index >= 15 is 0 Å². The number of aliphatic hydroxyl groups is 1. The third-order valence-corrected chi connectivity index (χ3v) is 4.43. The second-order valence-electron chi connectivity index (χ2n) is 8.03. The van der Waals surface area contributed by atoms with Crippen molar-refractivity contribution in [3.05, 3.63) is 0 Å². The lowest BCUT2D eigenvalue weighted by molar-refractivity contribution is -0.143. The summed E-state index contributed by atoms with van der Waals surface area (Å²) in [6.07, 6.45) is -2.70. The fraction of sp³-hybridized carbons (Fsp3) is 0.684. The van der Waals surface area contributed by atoms with Gasteiger partial charge < -0.3 is 42.7 Å². The molecule has 4 amide bonds. The number of carboxylic acids is 2. The minimum atomic E-state index is -1.61. The average Bonchev–Trinajstić information content (AvgIpc) is 2.67. The number of rotatable bonds is 15. The second-order valence-corrected chi connectivity index (χ2v) is 8.03. The summed E-state index contributed by atoms with van der Waals surface area (Å²) in [7, 11) is 0. The molecule has 0 saturated carbocycles. The number of hydrogen-bond donors (Lipinski definition) is 8. The molecule has 188 valence electrons. The molecule has 0 fully saturated rings. The fourth-order valence-electron chi connectivity index (χ4n) is 2.71. The van der Waals surface area contributed by atoms with Gasteiger partial charge in [0.15, 0.2) is 0 Å². The summed E-state index contributed by atoms with van der Waals surface area (Å²) < 4.78 is 0. The molecule has 0 radical (unpaired) electrons. The Labute approximate surface area is 190 Å². The Bertz CT molecular complexity index is 741. The van der Waals surface area contributed by atoms with Crippen molar-refractivity contribution >= 4 is 35.6 Å². The zero-order chi connectivity index (χ0) is 25.9. The summed E-state index contributed by atoms with van der Waals surface area (Å²) in [5.74, 6) is -6.53. The van der Waals surface area contributed by atoms with Crippen LogP contribution in [0.15, 0.2) is 0 Å². The van der Waals surface area contributed by atoms with Gasteiger partial charge in [-0.1, -0.05) is 13.8 Å². The van der Waals surface area contributed by atoms with Crippen molar-refractivity contribution in [2.24, 2.45) is 17.4 Å². The lowest BCUT2D eigenvalue weighted by atomic mass is 10.0. The van der Waals surface area contributed by atoms with E-state index in [2.05, 4.69) is 16.0 Å². The topological polar surface area (TPSA) is 251 Å². The molecular formula is C19H33N5O9. The van der Waals surface area contributed by atoms with Crippen LogP contribution in [-0.4, -0.2) is 81.2 Å². The van der Waals surface area contributed by atoms with Crippen LogP contribution in [0, 0.1) is 5.92 Å². The number of nitrogens with one attached hydrogen (secondary N) is 3. The van der Waals surface area contributed by atoms with Crippen molar-refractivity contribution in [2.75, 3.05) is 0 Å². The van der Waals surface area contributed by atoms with Crippen molar-refractivity contribution < 1.29 is 44.1 Å². The van der Waals surface area contributed by atoms with Gasteiger partial charge in [-0.05, 0) is 25.7 Å². The molecule has 0 aromatic heterocycles. The molecule has 14 heteroatoms. The maximum Gasteiger partial charge on any atom is 0.326 e. The second kappa shape index (κ2) is 14.0. The number of carbonyl (C=O) groups is 6. The van der Waals surface area contributed by atoms with Crippen LogP contribution in [0.2, 0.25) is 0 Å². The quantitative estimate of drug-likeness (QED) is 0.119. The van der Waals surface area contributed by atoms with Gasteiger partial charge in [0.2, 0.25) is 23.6 Å². The van der Waals surface area contributed by atoms with Crippen LogP contribution in [0.1, 0.15) is 46.5 Å². The third-order valence-electron chi connectivity index (χ3n) is 4.43. The van der Waals surface area contributed by atoms with E-state index in [1.54, 1.807) is 13.8 Å². The van der Waals surface area contributed by atoms with E-state index in [1.165, 1.54) is 6.92 Å². The van der Waals surface area contributed by atoms with E-state index in [4.69, 9.17) is 16.6 Å². The molecule has 0 rings (SSSR count). The highest BCUT2D eigenvalue weighted by Crippen LogP contribution is 2.07. The van der Waals surface area contributed by atoms with E-state index in [0.29, 0.717) is 0 Å². The molecule has 0 aliphatic rings. The predicted octanol–water partition coefficient (Wildman–Crippen LogP) is -2.98. The Hall–Kier alpha value is -3.26. The van der Waals surface area contributed by atoms with Crippen molar-refractivity contribution in [3.63, 3.8) is 0 Å². The van der Waals surface area contributed by atoms with Crippen LogP contribution in [0.3, 0.4) is 0 Å². The molecule has 0 aromatic carbocycles. The first-order valence-corrected chi connectivity index (χ1v) is 10.2. The highest BCUT2D eigenvalue weighted by Gasteiger charge is 2.33. The summed E-state index contributed by atoms with van der Waals surface area (Å²) in [5, 5.41) is 34.4. The number of carboxylic acid groups (broad SMARTS) is 2. The molecular weight excluding hydrogens is 442 g/mol. The van der Waals surface area contributed by atoms with E-state index in [9.17, 15) is 39.0 Å². The third kappa shape index (κ3) is 11.8. The standard InChI is InChI=1S/C19H33N5O9/c1-8(2)6-12(19(32)33)23-18(31)15(9(3)25)24-17(30)11(7-13(21)26)22-16(29)10(20)4-5-14(27)28/h8-12,15,25H,4-7,20H2,1-3H3,(H2,21,26)(H,22,29)(H,23,31)(H,24,30)(H,27,28)(H,32,33).